The standard InChI is InChI=1S/C14H12Cl2FNO/c15-9-4-6-10(7-5-9)18-13(8-19)14-11(16)2-1-3-12(14)17/h1-7,13,18-19H,8H2. The number of anilines is 1. The zero-order chi connectivity index (χ0) is 13.8. The molecule has 100 valence electrons. The van der Waals surface area contributed by atoms with Gasteiger partial charge in [0.15, 0.2) is 0 Å². The van der Waals surface area contributed by atoms with E-state index >= 15 is 0 Å². The summed E-state index contributed by atoms with van der Waals surface area (Å²) in [5.41, 5.74) is 0.976. The predicted octanol–water partition coefficient (Wildman–Crippen LogP) is 4.28. The van der Waals surface area contributed by atoms with E-state index in [1.54, 1.807) is 30.3 Å². The molecular formula is C14H12Cl2FNO. The van der Waals surface area contributed by atoms with Gasteiger partial charge in [-0.1, -0.05) is 29.3 Å². The number of aliphatic hydroxyl groups excluding tert-OH is 1. The van der Waals surface area contributed by atoms with Gasteiger partial charge in [0.05, 0.1) is 12.6 Å². The van der Waals surface area contributed by atoms with Crippen LogP contribution in [-0.2, 0) is 0 Å². The summed E-state index contributed by atoms with van der Waals surface area (Å²) in [6.45, 7) is -0.275. The molecule has 0 saturated carbocycles. The van der Waals surface area contributed by atoms with Crippen LogP contribution in [0.4, 0.5) is 10.1 Å². The van der Waals surface area contributed by atoms with E-state index in [-0.39, 0.29) is 17.2 Å². The van der Waals surface area contributed by atoms with Crippen molar-refractivity contribution in [2.75, 3.05) is 11.9 Å². The van der Waals surface area contributed by atoms with Crippen LogP contribution >= 0.6 is 23.2 Å². The van der Waals surface area contributed by atoms with Crippen molar-refractivity contribution in [3.05, 3.63) is 63.9 Å². The first-order valence-electron chi connectivity index (χ1n) is 5.68. The summed E-state index contributed by atoms with van der Waals surface area (Å²) in [7, 11) is 0. The van der Waals surface area contributed by atoms with Crippen molar-refractivity contribution in [3.63, 3.8) is 0 Å². The number of nitrogens with one attached hydrogen (secondary N) is 1. The second kappa shape index (κ2) is 6.24. The molecule has 1 atom stereocenters. The molecular weight excluding hydrogens is 288 g/mol. The molecule has 0 heterocycles. The fourth-order valence-corrected chi connectivity index (χ4v) is 2.22. The first kappa shape index (κ1) is 14.1. The lowest BCUT2D eigenvalue weighted by Gasteiger charge is -2.19. The third-order valence-corrected chi connectivity index (χ3v) is 3.30. The van der Waals surface area contributed by atoms with E-state index in [4.69, 9.17) is 23.2 Å². The number of aliphatic hydroxyl groups is 1. The van der Waals surface area contributed by atoms with E-state index in [1.165, 1.54) is 12.1 Å². The van der Waals surface area contributed by atoms with Gasteiger partial charge in [-0.05, 0) is 36.4 Å². The highest BCUT2D eigenvalue weighted by Crippen LogP contribution is 2.28. The van der Waals surface area contributed by atoms with Gasteiger partial charge >= 0.3 is 0 Å². The Labute approximate surface area is 120 Å². The average molecular weight is 300 g/mol. The molecule has 0 aliphatic rings. The average Bonchev–Trinajstić information content (AvgIpc) is 2.39. The van der Waals surface area contributed by atoms with Crippen molar-refractivity contribution in [1.82, 2.24) is 0 Å². The van der Waals surface area contributed by atoms with E-state index in [2.05, 4.69) is 5.32 Å². The zero-order valence-corrected chi connectivity index (χ0v) is 11.4. The smallest absolute Gasteiger partial charge is 0.130 e. The van der Waals surface area contributed by atoms with E-state index in [1.807, 2.05) is 0 Å². The van der Waals surface area contributed by atoms with Crippen LogP contribution in [0.25, 0.3) is 0 Å². The van der Waals surface area contributed by atoms with Crippen LogP contribution in [-0.4, -0.2) is 11.7 Å². The molecule has 2 nitrogen and oxygen atoms in total. The molecule has 5 heteroatoms. The third-order valence-electron chi connectivity index (χ3n) is 2.72. The van der Waals surface area contributed by atoms with Crippen molar-refractivity contribution in [2.45, 2.75) is 6.04 Å². The first-order chi connectivity index (χ1) is 9.11. The monoisotopic (exact) mass is 299 g/mol. The second-order valence-corrected chi connectivity index (χ2v) is 4.87. The maximum absolute atomic E-state index is 13.8. The maximum atomic E-state index is 13.8. The summed E-state index contributed by atoms with van der Waals surface area (Å²) in [6.07, 6.45) is 0. The van der Waals surface area contributed by atoms with E-state index < -0.39 is 11.9 Å². The summed E-state index contributed by atoms with van der Waals surface area (Å²) >= 11 is 11.8. The van der Waals surface area contributed by atoms with Gasteiger partial charge in [-0.2, -0.15) is 0 Å². The summed E-state index contributed by atoms with van der Waals surface area (Å²) < 4.78 is 13.8. The lowest BCUT2D eigenvalue weighted by molar-refractivity contribution is 0.274. The van der Waals surface area contributed by atoms with Gasteiger partial charge in [0, 0.05) is 21.3 Å². The summed E-state index contributed by atoms with van der Waals surface area (Å²) in [5.74, 6) is -0.451. The molecule has 0 spiro atoms. The van der Waals surface area contributed by atoms with Crippen molar-refractivity contribution >= 4 is 28.9 Å². The number of hydrogen-bond donors (Lipinski definition) is 2. The maximum Gasteiger partial charge on any atom is 0.130 e. The molecule has 2 aromatic rings. The third kappa shape index (κ3) is 3.38. The molecule has 0 aliphatic heterocycles. The SMILES string of the molecule is OCC(Nc1ccc(Cl)cc1)c1c(F)cccc1Cl. The lowest BCUT2D eigenvalue weighted by Crippen LogP contribution is -2.16. The predicted molar refractivity (Wildman–Crippen MR) is 76.3 cm³/mol. The van der Waals surface area contributed by atoms with Gasteiger partial charge in [-0.15, -0.1) is 0 Å². The molecule has 0 fully saturated rings. The Balaban J connectivity index is 2.27. The molecule has 1 unspecified atom stereocenters. The Kier molecular flexibility index (Phi) is 4.64. The minimum absolute atomic E-state index is 0.251. The Bertz CT molecular complexity index is 540. The Morgan fingerprint density at radius 2 is 1.79 bits per heavy atom. The van der Waals surface area contributed by atoms with Crippen LogP contribution in [0.3, 0.4) is 0 Å². The second-order valence-electron chi connectivity index (χ2n) is 4.02. The number of benzene rings is 2. The van der Waals surface area contributed by atoms with Gasteiger partial charge in [-0.3, -0.25) is 0 Å². The van der Waals surface area contributed by atoms with Crippen LogP contribution in [0.2, 0.25) is 10.0 Å². The summed E-state index contributed by atoms with van der Waals surface area (Å²) in [5, 5.41) is 13.3. The minimum Gasteiger partial charge on any atom is -0.394 e. The minimum atomic E-state index is -0.616. The van der Waals surface area contributed by atoms with Crippen molar-refractivity contribution in [3.8, 4) is 0 Å². The van der Waals surface area contributed by atoms with E-state index in [9.17, 15) is 9.50 Å². The highest BCUT2D eigenvalue weighted by Gasteiger charge is 2.18. The van der Waals surface area contributed by atoms with Gasteiger partial charge < -0.3 is 10.4 Å². The van der Waals surface area contributed by atoms with Crippen LogP contribution in [0.5, 0.6) is 0 Å². The largest absolute Gasteiger partial charge is 0.394 e. The molecule has 0 radical (unpaired) electrons. The highest BCUT2D eigenvalue weighted by atomic mass is 35.5. The molecule has 2 rings (SSSR count). The topological polar surface area (TPSA) is 32.3 Å². The van der Waals surface area contributed by atoms with Crippen LogP contribution in [0.15, 0.2) is 42.5 Å². The lowest BCUT2D eigenvalue weighted by atomic mass is 10.1. The Morgan fingerprint density at radius 3 is 2.37 bits per heavy atom. The fraction of sp³-hybridized carbons (Fsp3) is 0.143. The number of halogens is 3. The van der Waals surface area contributed by atoms with E-state index in [0.717, 1.165) is 5.69 Å². The quantitative estimate of drug-likeness (QED) is 0.883. The van der Waals surface area contributed by atoms with Gasteiger partial charge in [0.25, 0.3) is 0 Å². The fourth-order valence-electron chi connectivity index (χ4n) is 1.80. The van der Waals surface area contributed by atoms with E-state index in [0.29, 0.717) is 5.02 Å². The Morgan fingerprint density at radius 1 is 1.11 bits per heavy atom. The number of rotatable bonds is 4. The van der Waals surface area contributed by atoms with Crippen LogP contribution in [0.1, 0.15) is 11.6 Å². The molecule has 19 heavy (non-hydrogen) atoms. The summed E-state index contributed by atoms with van der Waals surface area (Å²) in [4.78, 5) is 0. The molecule has 0 saturated heterocycles. The normalized spacial score (nSPS) is 12.2. The molecule has 0 bridgehead atoms. The molecule has 0 aliphatic carbocycles. The molecule has 0 aromatic heterocycles. The first-order valence-corrected chi connectivity index (χ1v) is 6.44. The van der Waals surface area contributed by atoms with Crippen LogP contribution < -0.4 is 5.32 Å². The van der Waals surface area contributed by atoms with Crippen molar-refractivity contribution in [1.29, 1.82) is 0 Å². The molecule has 2 aromatic carbocycles. The number of hydrogen-bond acceptors (Lipinski definition) is 2. The summed E-state index contributed by atoms with van der Waals surface area (Å²) in [6, 6.07) is 10.7. The molecule has 2 N–H and O–H groups in total. The van der Waals surface area contributed by atoms with Gasteiger partial charge in [0.1, 0.15) is 5.82 Å². The van der Waals surface area contributed by atoms with Crippen molar-refractivity contribution < 1.29 is 9.50 Å². The van der Waals surface area contributed by atoms with Crippen molar-refractivity contribution in [2.24, 2.45) is 0 Å². The zero-order valence-electron chi connectivity index (χ0n) is 9.91. The van der Waals surface area contributed by atoms with Gasteiger partial charge in [0.2, 0.25) is 0 Å². The molecule has 0 amide bonds. The Hall–Kier alpha value is -1.29. The highest BCUT2D eigenvalue weighted by molar-refractivity contribution is 6.31. The van der Waals surface area contributed by atoms with Gasteiger partial charge in [-0.25, -0.2) is 4.39 Å². The van der Waals surface area contributed by atoms with Crippen LogP contribution in [0, 0.1) is 5.82 Å².